The molecule has 0 heterocycles. The van der Waals surface area contributed by atoms with Crippen LogP contribution in [0.2, 0.25) is 5.02 Å². The van der Waals surface area contributed by atoms with Crippen molar-refractivity contribution in [2.75, 3.05) is 17.7 Å². The number of nitrogen functional groups attached to an aromatic ring is 1. The fourth-order valence-corrected chi connectivity index (χ4v) is 1.87. The molecular formula is C14H14ClFN2O. The number of nitrogens with two attached hydrogens (primary N) is 1. The van der Waals surface area contributed by atoms with Crippen molar-refractivity contribution in [3.63, 3.8) is 0 Å². The Bertz CT molecular complexity index is 590. The molecule has 2 aromatic carbocycles. The third kappa shape index (κ3) is 3.51. The molecule has 0 atom stereocenters. The van der Waals surface area contributed by atoms with Crippen molar-refractivity contribution in [1.82, 2.24) is 0 Å². The van der Waals surface area contributed by atoms with E-state index < -0.39 is 0 Å². The van der Waals surface area contributed by atoms with Crippen LogP contribution in [0.5, 0.6) is 5.75 Å². The Morgan fingerprint density at radius 3 is 2.79 bits per heavy atom. The van der Waals surface area contributed by atoms with E-state index >= 15 is 0 Å². The van der Waals surface area contributed by atoms with E-state index in [1.165, 1.54) is 18.2 Å². The molecule has 0 saturated heterocycles. The van der Waals surface area contributed by atoms with Crippen LogP contribution in [-0.2, 0) is 0 Å². The molecule has 0 aliphatic rings. The highest BCUT2D eigenvalue weighted by Gasteiger charge is 2.05. The Morgan fingerprint density at radius 2 is 2.05 bits per heavy atom. The first-order valence-electron chi connectivity index (χ1n) is 5.84. The van der Waals surface area contributed by atoms with Gasteiger partial charge in [-0.1, -0.05) is 11.6 Å². The average Bonchev–Trinajstić information content (AvgIpc) is 2.33. The van der Waals surface area contributed by atoms with Crippen LogP contribution in [0.15, 0.2) is 36.4 Å². The lowest BCUT2D eigenvalue weighted by Gasteiger charge is -2.11. The van der Waals surface area contributed by atoms with Gasteiger partial charge in [-0.15, -0.1) is 0 Å². The van der Waals surface area contributed by atoms with Crippen LogP contribution in [0, 0.1) is 5.82 Å². The normalized spacial score (nSPS) is 10.3. The number of hydrogen-bond donors (Lipinski definition) is 2. The van der Waals surface area contributed by atoms with Crippen molar-refractivity contribution in [3.8, 4) is 5.75 Å². The molecule has 100 valence electrons. The van der Waals surface area contributed by atoms with Crippen LogP contribution in [0.25, 0.3) is 0 Å². The molecule has 0 aromatic heterocycles. The summed E-state index contributed by atoms with van der Waals surface area (Å²) in [6, 6.07) is 9.47. The number of anilines is 3. The number of rotatable bonds is 4. The Balaban J connectivity index is 2.29. The van der Waals surface area contributed by atoms with Crippen molar-refractivity contribution in [1.29, 1.82) is 0 Å². The summed E-state index contributed by atoms with van der Waals surface area (Å²) >= 11 is 5.84. The predicted molar refractivity (Wildman–Crippen MR) is 76.7 cm³/mol. The fraction of sp³-hybridized carbons (Fsp3) is 0.143. The second kappa shape index (κ2) is 5.80. The third-order valence-corrected chi connectivity index (χ3v) is 2.68. The zero-order valence-electron chi connectivity index (χ0n) is 10.4. The molecule has 0 amide bonds. The zero-order chi connectivity index (χ0) is 13.8. The monoisotopic (exact) mass is 280 g/mol. The summed E-state index contributed by atoms with van der Waals surface area (Å²) in [6.45, 7) is 2.42. The summed E-state index contributed by atoms with van der Waals surface area (Å²) in [4.78, 5) is 0. The van der Waals surface area contributed by atoms with Gasteiger partial charge in [0.05, 0.1) is 12.3 Å². The highest BCUT2D eigenvalue weighted by atomic mass is 35.5. The summed E-state index contributed by atoms with van der Waals surface area (Å²) in [7, 11) is 0. The fourth-order valence-electron chi connectivity index (χ4n) is 1.69. The van der Waals surface area contributed by atoms with Gasteiger partial charge < -0.3 is 15.8 Å². The summed E-state index contributed by atoms with van der Waals surface area (Å²) in [6.07, 6.45) is 0. The summed E-state index contributed by atoms with van der Waals surface area (Å²) in [5.41, 5.74) is 7.24. The minimum atomic E-state index is -0.384. The second-order valence-corrected chi connectivity index (χ2v) is 4.41. The quantitative estimate of drug-likeness (QED) is 0.825. The van der Waals surface area contributed by atoms with Gasteiger partial charge in [0.2, 0.25) is 0 Å². The number of halogens is 2. The summed E-state index contributed by atoms with van der Waals surface area (Å²) in [5.74, 6) is 0.247. The molecule has 19 heavy (non-hydrogen) atoms. The molecule has 2 rings (SSSR count). The van der Waals surface area contributed by atoms with E-state index in [9.17, 15) is 4.39 Å². The van der Waals surface area contributed by atoms with Gasteiger partial charge in [0, 0.05) is 28.5 Å². The molecule has 0 unspecified atom stereocenters. The highest BCUT2D eigenvalue weighted by molar-refractivity contribution is 6.30. The Hall–Kier alpha value is -1.94. The maximum Gasteiger partial charge on any atom is 0.146 e. The lowest BCUT2D eigenvalue weighted by molar-refractivity contribution is 0.340. The molecular weight excluding hydrogens is 267 g/mol. The Labute approximate surface area is 116 Å². The summed E-state index contributed by atoms with van der Waals surface area (Å²) < 4.78 is 19.0. The molecule has 0 aliphatic carbocycles. The van der Waals surface area contributed by atoms with E-state index in [2.05, 4.69) is 5.32 Å². The Morgan fingerprint density at radius 1 is 1.26 bits per heavy atom. The van der Waals surface area contributed by atoms with E-state index in [4.69, 9.17) is 22.1 Å². The van der Waals surface area contributed by atoms with Crippen LogP contribution in [0.1, 0.15) is 6.92 Å². The van der Waals surface area contributed by atoms with Crippen molar-refractivity contribution < 1.29 is 9.13 Å². The van der Waals surface area contributed by atoms with Gasteiger partial charge in [0.15, 0.2) is 0 Å². The molecule has 2 aromatic rings. The number of ether oxygens (including phenoxy) is 1. The molecule has 0 fully saturated rings. The van der Waals surface area contributed by atoms with Gasteiger partial charge in [0.25, 0.3) is 0 Å². The second-order valence-electron chi connectivity index (χ2n) is 3.97. The minimum Gasteiger partial charge on any atom is -0.494 e. The van der Waals surface area contributed by atoms with E-state index in [-0.39, 0.29) is 5.82 Å². The SMILES string of the molecule is CCOc1cc(N)cc(Nc2cc(Cl)ccc2F)c1. The number of benzene rings is 2. The zero-order valence-corrected chi connectivity index (χ0v) is 11.2. The number of hydrogen-bond acceptors (Lipinski definition) is 3. The van der Waals surface area contributed by atoms with Gasteiger partial charge in [-0.05, 0) is 31.2 Å². The lowest BCUT2D eigenvalue weighted by Crippen LogP contribution is -1.98. The van der Waals surface area contributed by atoms with Gasteiger partial charge in [-0.25, -0.2) is 4.39 Å². The molecule has 0 radical (unpaired) electrons. The smallest absolute Gasteiger partial charge is 0.146 e. The van der Waals surface area contributed by atoms with Crippen LogP contribution in [0.4, 0.5) is 21.5 Å². The lowest BCUT2D eigenvalue weighted by atomic mass is 10.2. The highest BCUT2D eigenvalue weighted by Crippen LogP contribution is 2.28. The van der Waals surface area contributed by atoms with E-state index in [0.717, 1.165) is 0 Å². The molecule has 0 saturated carbocycles. The van der Waals surface area contributed by atoms with Crippen LogP contribution < -0.4 is 15.8 Å². The van der Waals surface area contributed by atoms with Crippen molar-refractivity contribution >= 4 is 28.7 Å². The minimum absolute atomic E-state index is 0.292. The molecule has 0 bridgehead atoms. The number of nitrogens with one attached hydrogen (secondary N) is 1. The van der Waals surface area contributed by atoms with Crippen LogP contribution in [0.3, 0.4) is 0 Å². The molecule has 0 aliphatic heterocycles. The standard InChI is InChI=1S/C14H14ClFN2O/c1-2-19-12-7-10(17)6-11(8-12)18-14-5-9(15)3-4-13(14)16/h3-8,18H,2,17H2,1H3. The first-order valence-corrected chi connectivity index (χ1v) is 6.21. The van der Waals surface area contributed by atoms with E-state index in [0.29, 0.717) is 34.4 Å². The van der Waals surface area contributed by atoms with Crippen molar-refractivity contribution in [2.45, 2.75) is 6.92 Å². The molecule has 5 heteroatoms. The molecule has 3 N–H and O–H groups in total. The average molecular weight is 281 g/mol. The van der Waals surface area contributed by atoms with Crippen molar-refractivity contribution in [3.05, 3.63) is 47.2 Å². The van der Waals surface area contributed by atoms with Gasteiger partial charge in [0.1, 0.15) is 11.6 Å². The third-order valence-electron chi connectivity index (χ3n) is 2.45. The van der Waals surface area contributed by atoms with Gasteiger partial charge in [-0.2, -0.15) is 0 Å². The largest absolute Gasteiger partial charge is 0.494 e. The summed E-state index contributed by atoms with van der Waals surface area (Å²) in [5, 5.41) is 3.39. The first kappa shape index (κ1) is 13.5. The molecule has 3 nitrogen and oxygen atoms in total. The van der Waals surface area contributed by atoms with Crippen LogP contribution >= 0.6 is 11.6 Å². The predicted octanol–water partition coefficient (Wildman–Crippen LogP) is 4.20. The Kier molecular flexibility index (Phi) is 4.12. The van der Waals surface area contributed by atoms with Gasteiger partial charge in [-0.3, -0.25) is 0 Å². The van der Waals surface area contributed by atoms with E-state index in [1.54, 1.807) is 18.2 Å². The maximum atomic E-state index is 13.6. The van der Waals surface area contributed by atoms with Crippen molar-refractivity contribution in [2.24, 2.45) is 0 Å². The topological polar surface area (TPSA) is 47.3 Å². The van der Waals surface area contributed by atoms with Gasteiger partial charge >= 0.3 is 0 Å². The maximum absolute atomic E-state index is 13.6. The first-order chi connectivity index (χ1) is 9.08. The molecule has 0 spiro atoms. The van der Waals surface area contributed by atoms with Crippen LogP contribution in [-0.4, -0.2) is 6.61 Å². The van der Waals surface area contributed by atoms with E-state index in [1.807, 2.05) is 6.92 Å².